The van der Waals surface area contributed by atoms with Crippen molar-refractivity contribution in [1.29, 1.82) is 0 Å². The molecule has 41 heavy (non-hydrogen) atoms. The maximum atomic E-state index is 13.7. The second-order valence-electron chi connectivity index (χ2n) is 10.1. The van der Waals surface area contributed by atoms with E-state index in [4.69, 9.17) is 14.2 Å². The highest BCUT2D eigenvalue weighted by molar-refractivity contribution is 7.97. The Labute approximate surface area is 242 Å². The number of rotatable bonds is 10. The summed E-state index contributed by atoms with van der Waals surface area (Å²) in [6, 6.07) is 8.90. The van der Waals surface area contributed by atoms with Gasteiger partial charge in [0.2, 0.25) is 11.8 Å². The number of amides is 2. The molecule has 0 aliphatic carbocycles. The molecule has 0 bridgehead atoms. The van der Waals surface area contributed by atoms with Gasteiger partial charge >= 0.3 is 6.18 Å². The van der Waals surface area contributed by atoms with Crippen LogP contribution in [-0.4, -0.2) is 68.2 Å². The van der Waals surface area contributed by atoms with Crippen molar-refractivity contribution >= 4 is 23.8 Å². The van der Waals surface area contributed by atoms with E-state index in [1.165, 1.54) is 20.3 Å². The Kier molecular flexibility index (Phi) is 10.8. The van der Waals surface area contributed by atoms with Gasteiger partial charge in [-0.25, -0.2) is 4.31 Å². The van der Waals surface area contributed by atoms with Crippen molar-refractivity contribution in [2.75, 3.05) is 34.0 Å². The highest BCUT2D eigenvalue weighted by atomic mass is 32.2. The second kappa shape index (κ2) is 14.3. The summed E-state index contributed by atoms with van der Waals surface area (Å²) in [5.74, 6) is 0.425. The van der Waals surface area contributed by atoms with Crippen molar-refractivity contribution in [2.45, 2.75) is 67.7 Å². The third-order valence-corrected chi connectivity index (χ3v) is 8.37. The van der Waals surface area contributed by atoms with Crippen molar-refractivity contribution in [3.63, 3.8) is 0 Å². The van der Waals surface area contributed by atoms with Crippen LogP contribution >= 0.6 is 11.9 Å². The fourth-order valence-electron chi connectivity index (χ4n) is 5.01. The summed E-state index contributed by atoms with van der Waals surface area (Å²) in [7, 11) is 3.06. The number of alkyl halides is 3. The van der Waals surface area contributed by atoms with E-state index in [9.17, 15) is 22.8 Å². The molecule has 224 valence electrons. The second-order valence-corrected chi connectivity index (χ2v) is 11.2. The topological polar surface area (TPSA) is 89.1 Å². The maximum absolute atomic E-state index is 13.7. The molecule has 0 saturated carbocycles. The van der Waals surface area contributed by atoms with E-state index in [2.05, 4.69) is 10.6 Å². The molecule has 2 aliphatic heterocycles. The van der Waals surface area contributed by atoms with Gasteiger partial charge in [0, 0.05) is 37.1 Å². The van der Waals surface area contributed by atoms with Gasteiger partial charge < -0.3 is 24.8 Å². The number of carbonyl (C=O) groups is 2. The van der Waals surface area contributed by atoms with Gasteiger partial charge in [0.1, 0.15) is 6.04 Å². The zero-order chi connectivity index (χ0) is 29.4. The van der Waals surface area contributed by atoms with Crippen LogP contribution in [0.3, 0.4) is 0 Å². The summed E-state index contributed by atoms with van der Waals surface area (Å²) in [6.07, 6.45) is -0.720. The summed E-state index contributed by atoms with van der Waals surface area (Å²) >= 11 is 1.14. The summed E-state index contributed by atoms with van der Waals surface area (Å²) < 4.78 is 57.7. The van der Waals surface area contributed by atoms with Crippen molar-refractivity contribution in [1.82, 2.24) is 14.9 Å². The molecule has 2 aromatic rings. The van der Waals surface area contributed by atoms with Crippen molar-refractivity contribution < 1.29 is 37.0 Å². The molecule has 0 aromatic heterocycles. The van der Waals surface area contributed by atoms with Crippen LogP contribution in [0.4, 0.5) is 13.2 Å². The maximum Gasteiger partial charge on any atom is 0.416 e. The number of hydrogen-bond acceptors (Lipinski definition) is 7. The number of benzene rings is 2. The molecule has 1 unspecified atom stereocenters. The van der Waals surface area contributed by atoms with E-state index in [-0.39, 0.29) is 24.3 Å². The predicted molar refractivity (Wildman–Crippen MR) is 149 cm³/mol. The van der Waals surface area contributed by atoms with E-state index in [1.54, 1.807) is 18.2 Å². The Balaban J connectivity index is 1.51. The number of carbonyl (C=O) groups excluding carboxylic acids is 2. The first-order valence-electron chi connectivity index (χ1n) is 13.7. The quantitative estimate of drug-likeness (QED) is 0.388. The predicted octanol–water partition coefficient (Wildman–Crippen LogP) is 4.61. The SMILES string of the molecule is COc1ccc(CC(NC(=O)[C@@H]2CCCCN2Sc2cccc(C(F)(F)F)c2)C(=O)NC2CCOCC2)cc1OC. The Morgan fingerprint density at radius 3 is 2.51 bits per heavy atom. The normalized spacial score (nSPS) is 19.3. The van der Waals surface area contributed by atoms with Crippen molar-refractivity contribution in [2.24, 2.45) is 0 Å². The minimum atomic E-state index is -4.45. The van der Waals surface area contributed by atoms with Crippen molar-refractivity contribution in [3.8, 4) is 11.5 Å². The summed E-state index contributed by atoms with van der Waals surface area (Å²) in [6.45, 7) is 1.65. The van der Waals surface area contributed by atoms with E-state index >= 15 is 0 Å². The lowest BCUT2D eigenvalue weighted by atomic mass is 10.0. The minimum Gasteiger partial charge on any atom is -0.493 e. The number of nitrogens with one attached hydrogen (secondary N) is 2. The standard InChI is InChI=1S/C29H36F3N3O5S/c1-38-25-10-9-19(17-26(25)39-2)16-23(27(36)33-21-11-14-40-15-12-21)34-28(37)24-8-3-4-13-35(24)41-22-7-5-6-20(18-22)29(30,31)32/h5-7,9-10,17-18,21,23-24H,3-4,8,11-16H2,1-2H3,(H,33,36)(H,34,37)/t23?,24-/m0/s1. The zero-order valence-electron chi connectivity index (χ0n) is 23.2. The van der Waals surface area contributed by atoms with E-state index in [0.29, 0.717) is 55.4 Å². The van der Waals surface area contributed by atoms with Gasteiger partial charge in [0.05, 0.1) is 25.8 Å². The fourth-order valence-corrected chi connectivity index (χ4v) is 6.14. The average Bonchev–Trinajstić information content (AvgIpc) is 2.97. The van der Waals surface area contributed by atoms with Gasteiger partial charge in [-0.3, -0.25) is 9.59 Å². The smallest absolute Gasteiger partial charge is 0.416 e. The molecule has 0 radical (unpaired) electrons. The molecule has 2 saturated heterocycles. The van der Waals surface area contributed by atoms with Gasteiger partial charge in [-0.1, -0.05) is 18.6 Å². The van der Waals surface area contributed by atoms with Crippen LogP contribution in [0, 0.1) is 0 Å². The van der Waals surface area contributed by atoms with Crippen LogP contribution in [0.2, 0.25) is 0 Å². The number of hydrogen-bond donors (Lipinski definition) is 2. The molecule has 2 aliphatic rings. The third kappa shape index (κ3) is 8.52. The molecule has 2 amide bonds. The lowest BCUT2D eigenvalue weighted by molar-refractivity contribution is -0.137. The van der Waals surface area contributed by atoms with E-state index < -0.39 is 23.8 Å². The lowest BCUT2D eigenvalue weighted by Gasteiger charge is -2.34. The van der Waals surface area contributed by atoms with Crippen LogP contribution < -0.4 is 20.1 Å². The van der Waals surface area contributed by atoms with E-state index in [0.717, 1.165) is 42.5 Å². The van der Waals surface area contributed by atoms with Gasteiger partial charge in [-0.2, -0.15) is 13.2 Å². The monoisotopic (exact) mass is 595 g/mol. The van der Waals surface area contributed by atoms with Crippen LogP contribution in [-0.2, 0) is 26.9 Å². The Morgan fingerprint density at radius 1 is 1.05 bits per heavy atom. The molecule has 2 atom stereocenters. The Bertz CT molecular complexity index is 1190. The third-order valence-electron chi connectivity index (χ3n) is 7.23. The number of nitrogens with zero attached hydrogens (tertiary/aromatic N) is 1. The van der Waals surface area contributed by atoms with Crippen LogP contribution in [0.5, 0.6) is 11.5 Å². The molecule has 2 aromatic carbocycles. The van der Waals surface area contributed by atoms with Gasteiger partial charge in [0.15, 0.2) is 11.5 Å². The Morgan fingerprint density at radius 2 is 1.80 bits per heavy atom. The van der Waals surface area contributed by atoms with Crippen LogP contribution in [0.25, 0.3) is 0 Å². The molecular weight excluding hydrogens is 559 g/mol. The number of halogens is 3. The molecule has 0 spiro atoms. The van der Waals surface area contributed by atoms with Gasteiger partial charge in [-0.15, -0.1) is 0 Å². The molecule has 2 fully saturated rings. The summed E-state index contributed by atoms with van der Waals surface area (Å²) in [5.41, 5.74) is 0.0363. The molecule has 12 heteroatoms. The molecule has 2 heterocycles. The number of ether oxygens (including phenoxy) is 3. The summed E-state index contributed by atoms with van der Waals surface area (Å²) in [5, 5.41) is 6.01. The van der Waals surface area contributed by atoms with Gasteiger partial charge in [-0.05, 0) is 73.5 Å². The number of methoxy groups -OCH3 is 2. The molecular formula is C29H36F3N3O5S. The summed E-state index contributed by atoms with van der Waals surface area (Å²) in [4.78, 5) is 27.5. The van der Waals surface area contributed by atoms with Crippen molar-refractivity contribution in [3.05, 3.63) is 53.6 Å². The average molecular weight is 596 g/mol. The molecule has 4 rings (SSSR count). The van der Waals surface area contributed by atoms with E-state index in [1.807, 2.05) is 10.4 Å². The largest absolute Gasteiger partial charge is 0.493 e. The highest BCUT2D eigenvalue weighted by Gasteiger charge is 2.34. The fraction of sp³-hybridized carbons (Fsp3) is 0.517. The molecule has 8 nitrogen and oxygen atoms in total. The van der Waals surface area contributed by atoms with Gasteiger partial charge in [0.25, 0.3) is 0 Å². The lowest BCUT2D eigenvalue weighted by Crippen LogP contribution is -2.55. The van der Waals surface area contributed by atoms with Crippen LogP contribution in [0.15, 0.2) is 47.4 Å². The first-order chi connectivity index (χ1) is 19.7. The first kappa shape index (κ1) is 31.0. The molecule has 2 N–H and O–H groups in total. The zero-order valence-corrected chi connectivity index (χ0v) is 24.0. The number of piperidine rings is 1. The highest BCUT2D eigenvalue weighted by Crippen LogP contribution is 2.35. The Hall–Kier alpha value is -2.96. The first-order valence-corrected chi connectivity index (χ1v) is 14.5. The minimum absolute atomic E-state index is 0.0521. The van der Waals surface area contributed by atoms with Crippen LogP contribution in [0.1, 0.15) is 43.2 Å².